The van der Waals surface area contributed by atoms with Crippen molar-refractivity contribution in [1.82, 2.24) is 4.98 Å². The van der Waals surface area contributed by atoms with Gasteiger partial charge >= 0.3 is 5.97 Å². The van der Waals surface area contributed by atoms with Crippen LogP contribution in [0.2, 0.25) is 5.15 Å². The first-order chi connectivity index (χ1) is 8.38. The zero-order chi connectivity index (χ0) is 13.3. The minimum atomic E-state index is -0.993. The highest BCUT2D eigenvalue weighted by atomic mass is 35.5. The van der Waals surface area contributed by atoms with E-state index in [1.165, 1.54) is 18.6 Å². The van der Waals surface area contributed by atoms with Crippen LogP contribution in [-0.4, -0.2) is 22.1 Å². The summed E-state index contributed by atoms with van der Waals surface area (Å²) in [4.78, 5) is 15.1. The quantitative estimate of drug-likeness (QED) is 0.825. The van der Waals surface area contributed by atoms with Gasteiger partial charge in [0.1, 0.15) is 11.0 Å². The van der Waals surface area contributed by atoms with Gasteiger partial charge in [-0.15, -0.1) is 0 Å². The van der Waals surface area contributed by atoms with Crippen LogP contribution in [0.5, 0.6) is 0 Å². The van der Waals surface area contributed by atoms with Gasteiger partial charge in [0.15, 0.2) is 0 Å². The summed E-state index contributed by atoms with van der Waals surface area (Å²) in [6.45, 7) is 4.42. The number of aromatic carboxylic acids is 1. The van der Waals surface area contributed by atoms with Gasteiger partial charge in [0.2, 0.25) is 0 Å². The molecule has 0 bridgehead atoms. The molecule has 0 amide bonds. The normalized spacial score (nSPS) is 21.8. The van der Waals surface area contributed by atoms with Crippen molar-refractivity contribution in [1.29, 1.82) is 0 Å². The number of hydrogen-bond donors (Lipinski definition) is 2. The van der Waals surface area contributed by atoms with Gasteiger partial charge in [-0.2, -0.15) is 0 Å². The number of nitrogens with one attached hydrogen (secondary N) is 1. The molecule has 2 N–H and O–H groups in total. The molecule has 0 spiro atoms. The van der Waals surface area contributed by atoms with Gasteiger partial charge in [0.05, 0.1) is 5.56 Å². The highest BCUT2D eigenvalue weighted by molar-refractivity contribution is 6.29. The molecule has 2 rings (SSSR count). The van der Waals surface area contributed by atoms with Crippen LogP contribution in [0.4, 0.5) is 5.82 Å². The number of nitrogens with zero attached hydrogens (tertiary/aromatic N) is 1. The van der Waals surface area contributed by atoms with Crippen molar-refractivity contribution in [2.75, 3.05) is 5.32 Å². The SMILES string of the molecule is CC1(C)CCCC1Nc1cc(C(=O)O)cc(Cl)n1. The molecule has 1 fully saturated rings. The molecule has 1 unspecified atom stereocenters. The van der Waals surface area contributed by atoms with Gasteiger partial charge in [-0.05, 0) is 30.4 Å². The number of pyridine rings is 1. The molecular weight excluding hydrogens is 252 g/mol. The first-order valence-electron chi connectivity index (χ1n) is 6.06. The van der Waals surface area contributed by atoms with E-state index in [4.69, 9.17) is 16.7 Å². The summed E-state index contributed by atoms with van der Waals surface area (Å²) in [7, 11) is 0. The number of anilines is 1. The third-order valence-corrected chi connectivity index (χ3v) is 3.81. The molecule has 1 aliphatic rings. The summed E-state index contributed by atoms with van der Waals surface area (Å²) in [5.74, 6) is -0.451. The summed E-state index contributed by atoms with van der Waals surface area (Å²) in [5.41, 5.74) is 0.362. The number of hydrogen-bond acceptors (Lipinski definition) is 3. The molecule has 0 aliphatic heterocycles. The van der Waals surface area contributed by atoms with E-state index >= 15 is 0 Å². The molecule has 98 valence electrons. The maximum absolute atomic E-state index is 11.0. The van der Waals surface area contributed by atoms with Crippen LogP contribution in [0.3, 0.4) is 0 Å². The lowest BCUT2D eigenvalue weighted by molar-refractivity contribution is 0.0697. The Bertz CT molecular complexity index is 474. The Balaban J connectivity index is 2.21. The topological polar surface area (TPSA) is 62.2 Å². The standard InChI is InChI=1S/C13H17ClN2O2/c1-13(2)5-3-4-9(13)15-11-7-8(12(17)18)6-10(14)16-11/h6-7,9H,3-5H2,1-2H3,(H,15,16)(H,17,18). The average molecular weight is 269 g/mol. The number of carboxylic acid groups (broad SMARTS) is 1. The van der Waals surface area contributed by atoms with E-state index in [0.717, 1.165) is 12.8 Å². The molecule has 1 aliphatic carbocycles. The lowest BCUT2D eigenvalue weighted by Gasteiger charge is -2.28. The van der Waals surface area contributed by atoms with Gasteiger partial charge in [-0.3, -0.25) is 0 Å². The fourth-order valence-corrected chi connectivity index (χ4v) is 2.68. The maximum Gasteiger partial charge on any atom is 0.335 e. The summed E-state index contributed by atoms with van der Waals surface area (Å²) in [6, 6.07) is 3.20. The van der Waals surface area contributed by atoms with Crippen molar-refractivity contribution < 1.29 is 9.90 Å². The van der Waals surface area contributed by atoms with E-state index in [-0.39, 0.29) is 16.1 Å². The predicted molar refractivity (Wildman–Crippen MR) is 71.2 cm³/mol. The third-order valence-electron chi connectivity index (χ3n) is 3.62. The minimum Gasteiger partial charge on any atom is -0.478 e. The number of halogens is 1. The molecular formula is C13H17ClN2O2. The van der Waals surface area contributed by atoms with E-state index in [1.54, 1.807) is 0 Å². The highest BCUT2D eigenvalue weighted by Crippen LogP contribution is 2.38. The number of carbonyl (C=O) groups is 1. The van der Waals surface area contributed by atoms with Crippen LogP contribution in [0.15, 0.2) is 12.1 Å². The van der Waals surface area contributed by atoms with Gasteiger partial charge in [-0.25, -0.2) is 9.78 Å². The first-order valence-corrected chi connectivity index (χ1v) is 6.44. The molecule has 4 nitrogen and oxygen atoms in total. The second-order valence-electron chi connectivity index (χ2n) is 5.45. The van der Waals surface area contributed by atoms with E-state index in [2.05, 4.69) is 24.1 Å². The van der Waals surface area contributed by atoms with Crippen LogP contribution in [0.1, 0.15) is 43.5 Å². The fraction of sp³-hybridized carbons (Fsp3) is 0.538. The lowest BCUT2D eigenvalue weighted by atomic mass is 9.87. The van der Waals surface area contributed by atoms with Crippen LogP contribution in [-0.2, 0) is 0 Å². The Kier molecular flexibility index (Phi) is 3.48. The molecule has 18 heavy (non-hydrogen) atoms. The largest absolute Gasteiger partial charge is 0.478 e. The Morgan fingerprint density at radius 2 is 2.28 bits per heavy atom. The molecule has 1 heterocycles. The predicted octanol–water partition coefficient (Wildman–Crippen LogP) is 3.42. The zero-order valence-electron chi connectivity index (χ0n) is 10.5. The van der Waals surface area contributed by atoms with Crippen molar-refractivity contribution in [2.24, 2.45) is 5.41 Å². The van der Waals surface area contributed by atoms with Gasteiger partial charge in [-0.1, -0.05) is 31.9 Å². The second-order valence-corrected chi connectivity index (χ2v) is 5.83. The average Bonchev–Trinajstić information content (AvgIpc) is 2.57. The van der Waals surface area contributed by atoms with E-state index < -0.39 is 5.97 Å². The Morgan fingerprint density at radius 1 is 1.56 bits per heavy atom. The molecule has 0 radical (unpaired) electrons. The van der Waals surface area contributed by atoms with Crippen LogP contribution in [0.25, 0.3) is 0 Å². The fourth-order valence-electron chi connectivity index (χ4n) is 2.47. The monoisotopic (exact) mass is 268 g/mol. The Labute approximate surface area is 111 Å². The van der Waals surface area contributed by atoms with E-state index in [9.17, 15) is 4.79 Å². The number of rotatable bonds is 3. The summed E-state index contributed by atoms with van der Waals surface area (Å²) in [5, 5.41) is 12.5. The molecule has 1 saturated carbocycles. The summed E-state index contributed by atoms with van der Waals surface area (Å²) < 4.78 is 0. The van der Waals surface area contributed by atoms with E-state index in [1.807, 2.05) is 0 Å². The van der Waals surface area contributed by atoms with Crippen molar-refractivity contribution in [3.8, 4) is 0 Å². The van der Waals surface area contributed by atoms with Crippen molar-refractivity contribution in [3.63, 3.8) is 0 Å². The van der Waals surface area contributed by atoms with Gasteiger partial charge in [0.25, 0.3) is 0 Å². The van der Waals surface area contributed by atoms with Crippen LogP contribution >= 0.6 is 11.6 Å². The molecule has 1 aromatic heterocycles. The Hall–Kier alpha value is -1.29. The van der Waals surface area contributed by atoms with Crippen molar-refractivity contribution in [3.05, 3.63) is 22.8 Å². The van der Waals surface area contributed by atoms with Crippen LogP contribution in [0, 0.1) is 5.41 Å². The number of aromatic nitrogens is 1. The lowest BCUT2D eigenvalue weighted by Crippen LogP contribution is -2.31. The smallest absolute Gasteiger partial charge is 0.335 e. The van der Waals surface area contributed by atoms with Crippen molar-refractivity contribution >= 4 is 23.4 Å². The van der Waals surface area contributed by atoms with Crippen molar-refractivity contribution in [2.45, 2.75) is 39.2 Å². The zero-order valence-corrected chi connectivity index (χ0v) is 11.3. The molecule has 1 aromatic rings. The maximum atomic E-state index is 11.0. The Morgan fingerprint density at radius 3 is 2.83 bits per heavy atom. The molecule has 1 atom stereocenters. The van der Waals surface area contributed by atoms with Gasteiger partial charge in [0, 0.05) is 6.04 Å². The second kappa shape index (κ2) is 4.76. The summed E-state index contributed by atoms with van der Waals surface area (Å²) in [6.07, 6.45) is 3.41. The molecule has 5 heteroatoms. The van der Waals surface area contributed by atoms with Crippen LogP contribution < -0.4 is 5.32 Å². The third kappa shape index (κ3) is 2.75. The van der Waals surface area contributed by atoms with Gasteiger partial charge < -0.3 is 10.4 Å². The highest BCUT2D eigenvalue weighted by Gasteiger charge is 2.34. The first kappa shape index (κ1) is 13.1. The number of carboxylic acids is 1. The minimum absolute atomic E-state index is 0.160. The molecule has 0 aromatic carbocycles. The summed E-state index contributed by atoms with van der Waals surface area (Å²) >= 11 is 5.84. The molecule has 0 saturated heterocycles. The van der Waals surface area contributed by atoms with E-state index in [0.29, 0.717) is 11.9 Å².